The Balaban J connectivity index is 2.14. The van der Waals surface area contributed by atoms with E-state index in [1.165, 1.54) is 12.1 Å². The summed E-state index contributed by atoms with van der Waals surface area (Å²) in [7, 11) is 0. The average molecular weight is 321 g/mol. The number of β-amino-alcohol motifs (C(OH)–C–C–N with tert-alkyl or cyclic N) is 1. The molecule has 1 saturated heterocycles. The topological polar surface area (TPSA) is 86.9 Å². The van der Waals surface area contributed by atoms with Crippen LogP contribution in [0.1, 0.15) is 29.8 Å². The van der Waals surface area contributed by atoms with E-state index in [1.54, 1.807) is 24.8 Å². The zero-order valence-electron chi connectivity index (χ0n) is 13.7. The van der Waals surface area contributed by atoms with Gasteiger partial charge in [0.25, 0.3) is 11.6 Å². The van der Waals surface area contributed by atoms with Gasteiger partial charge in [0.05, 0.1) is 11.0 Å². The van der Waals surface area contributed by atoms with E-state index in [4.69, 9.17) is 0 Å². The first-order valence-corrected chi connectivity index (χ1v) is 7.75. The van der Waals surface area contributed by atoms with Gasteiger partial charge in [-0.25, -0.2) is 0 Å². The van der Waals surface area contributed by atoms with Crippen LogP contribution in [0.2, 0.25) is 0 Å². The number of nitro groups is 1. The first-order valence-electron chi connectivity index (χ1n) is 7.75. The maximum atomic E-state index is 12.7. The van der Waals surface area contributed by atoms with Crippen LogP contribution >= 0.6 is 0 Å². The Morgan fingerprint density at radius 2 is 2.13 bits per heavy atom. The van der Waals surface area contributed by atoms with Crippen molar-refractivity contribution in [3.8, 4) is 0 Å². The molecule has 1 N–H and O–H groups in total. The molecule has 23 heavy (non-hydrogen) atoms. The second-order valence-corrected chi connectivity index (χ2v) is 6.27. The monoisotopic (exact) mass is 321 g/mol. The summed E-state index contributed by atoms with van der Waals surface area (Å²) in [6.45, 7) is 7.95. The third-order valence-electron chi connectivity index (χ3n) is 4.01. The van der Waals surface area contributed by atoms with Crippen LogP contribution in [0.25, 0.3) is 0 Å². The number of amides is 1. The fraction of sp³-hybridized carbons (Fsp3) is 0.562. The number of nitrogens with zero attached hydrogens (tertiary/aromatic N) is 3. The Labute approximate surface area is 135 Å². The lowest BCUT2D eigenvalue weighted by molar-refractivity contribution is -0.384. The van der Waals surface area contributed by atoms with Gasteiger partial charge in [0, 0.05) is 49.9 Å². The van der Waals surface area contributed by atoms with Crippen LogP contribution < -0.4 is 0 Å². The van der Waals surface area contributed by atoms with Crippen LogP contribution in [0, 0.1) is 17.0 Å². The van der Waals surface area contributed by atoms with E-state index in [-0.39, 0.29) is 17.6 Å². The summed E-state index contributed by atoms with van der Waals surface area (Å²) in [5, 5.41) is 20.4. The molecule has 1 amide bonds. The minimum Gasteiger partial charge on any atom is -0.392 e. The molecular formula is C16H23N3O4. The number of hydrogen-bond acceptors (Lipinski definition) is 5. The standard InChI is InChI=1S/C16H23N3O4/c1-11-6-14(8-15(7-11)19(22)23)16(21)18-5-4-17(9-12(18)2)10-13(3)20/h6-8,12-13,20H,4-5,9-10H2,1-3H3/t12-,13+/m0/s1. The van der Waals surface area contributed by atoms with Crippen LogP contribution in [0.5, 0.6) is 0 Å². The van der Waals surface area contributed by atoms with Gasteiger partial charge >= 0.3 is 0 Å². The lowest BCUT2D eigenvalue weighted by atomic mass is 10.1. The molecule has 126 valence electrons. The Morgan fingerprint density at radius 1 is 1.43 bits per heavy atom. The predicted molar refractivity (Wildman–Crippen MR) is 86.5 cm³/mol. The van der Waals surface area contributed by atoms with E-state index >= 15 is 0 Å². The second-order valence-electron chi connectivity index (χ2n) is 6.27. The number of aliphatic hydroxyl groups is 1. The van der Waals surface area contributed by atoms with Crippen molar-refractivity contribution in [3.05, 3.63) is 39.4 Å². The quantitative estimate of drug-likeness (QED) is 0.669. The SMILES string of the molecule is Cc1cc(C(=O)N2CCN(C[C@@H](C)O)C[C@@H]2C)cc([N+](=O)[O-])c1. The van der Waals surface area contributed by atoms with E-state index in [2.05, 4.69) is 4.90 Å². The van der Waals surface area contributed by atoms with Crippen molar-refractivity contribution in [3.63, 3.8) is 0 Å². The maximum absolute atomic E-state index is 12.7. The highest BCUT2D eigenvalue weighted by atomic mass is 16.6. The lowest BCUT2D eigenvalue weighted by Gasteiger charge is -2.40. The fourth-order valence-electron chi connectivity index (χ4n) is 3.03. The first-order chi connectivity index (χ1) is 10.8. The number of non-ortho nitro benzene ring substituents is 1. The molecule has 1 aliphatic heterocycles. The molecule has 7 heteroatoms. The molecule has 2 rings (SSSR count). The minimum absolute atomic E-state index is 0.00503. The number of piperazine rings is 1. The van der Waals surface area contributed by atoms with Crippen LogP contribution in [-0.4, -0.2) is 64.1 Å². The molecule has 0 unspecified atom stereocenters. The number of hydrogen-bond donors (Lipinski definition) is 1. The van der Waals surface area contributed by atoms with Gasteiger partial charge in [0.1, 0.15) is 0 Å². The number of carbonyl (C=O) groups is 1. The summed E-state index contributed by atoms with van der Waals surface area (Å²) in [6.07, 6.45) is -0.399. The van der Waals surface area contributed by atoms with E-state index < -0.39 is 11.0 Å². The average Bonchev–Trinajstić information content (AvgIpc) is 2.45. The van der Waals surface area contributed by atoms with Crippen LogP contribution in [0.15, 0.2) is 18.2 Å². The van der Waals surface area contributed by atoms with Crippen LogP contribution in [0.3, 0.4) is 0 Å². The Hall–Kier alpha value is -1.99. The molecule has 0 radical (unpaired) electrons. The third-order valence-corrected chi connectivity index (χ3v) is 4.01. The molecule has 1 heterocycles. The van der Waals surface area contributed by atoms with Crippen molar-refractivity contribution in [2.24, 2.45) is 0 Å². The summed E-state index contributed by atoms with van der Waals surface area (Å²) >= 11 is 0. The zero-order valence-corrected chi connectivity index (χ0v) is 13.7. The molecule has 2 atom stereocenters. The molecule has 1 fully saturated rings. The summed E-state index contributed by atoms with van der Waals surface area (Å²) < 4.78 is 0. The number of carbonyl (C=O) groups excluding carboxylic acids is 1. The Morgan fingerprint density at radius 3 is 2.70 bits per heavy atom. The van der Waals surface area contributed by atoms with E-state index in [1.807, 2.05) is 6.92 Å². The van der Waals surface area contributed by atoms with Crippen molar-refractivity contribution in [1.29, 1.82) is 0 Å². The van der Waals surface area contributed by atoms with E-state index in [0.717, 1.165) is 0 Å². The number of aliphatic hydroxyl groups excluding tert-OH is 1. The molecule has 0 saturated carbocycles. The second kappa shape index (κ2) is 7.06. The maximum Gasteiger partial charge on any atom is 0.270 e. The molecule has 1 aromatic carbocycles. The number of benzene rings is 1. The molecule has 7 nitrogen and oxygen atoms in total. The Bertz CT molecular complexity index is 603. The van der Waals surface area contributed by atoms with Gasteiger partial charge in [0.2, 0.25) is 0 Å². The molecule has 0 spiro atoms. The van der Waals surface area contributed by atoms with Gasteiger partial charge in [-0.15, -0.1) is 0 Å². The predicted octanol–water partition coefficient (Wildman–Crippen LogP) is 1.43. The molecule has 0 bridgehead atoms. The highest BCUT2D eigenvalue weighted by Crippen LogP contribution is 2.20. The van der Waals surface area contributed by atoms with E-state index in [9.17, 15) is 20.0 Å². The van der Waals surface area contributed by atoms with Crippen molar-refractivity contribution >= 4 is 11.6 Å². The van der Waals surface area contributed by atoms with Gasteiger partial charge < -0.3 is 10.0 Å². The van der Waals surface area contributed by atoms with Crippen LogP contribution in [0.4, 0.5) is 5.69 Å². The van der Waals surface area contributed by atoms with E-state index in [0.29, 0.717) is 37.3 Å². The summed E-state index contributed by atoms with van der Waals surface area (Å²) in [4.78, 5) is 27.1. The van der Waals surface area contributed by atoms with Crippen molar-refractivity contribution < 1.29 is 14.8 Å². The van der Waals surface area contributed by atoms with Crippen molar-refractivity contribution in [1.82, 2.24) is 9.80 Å². The third kappa shape index (κ3) is 4.27. The van der Waals surface area contributed by atoms with Crippen molar-refractivity contribution in [2.45, 2.75) is 32.9 Å². The first kappa shape index (κ1) is 17.4. The number of rotatable bonds is 4. The van der Waals surface area contributed by atoms with Gasteiger partial charge in [-0.1, -0.05) is 0 Å². The van der Waals surface area contributed by atoms with Gasteiger partial charge in [-0.2, -0.15) is 0 Å². The zero-order chi connectivity index (χ0) is 17.1. The molecular weight excluding hydrogens is 298 g/mol. The summed E-state index contributed by atoms with van der Waals surface area (Å²) in [5.74, 6) is -0.180. The highest BCUT2D eigenvalue weighted by molar-refractivity contribution is 5.95. The fourth-order valence-corrected chi connectivity index (χ4v) is 3.03. The normalized spacial score (nSPS) is 20.3. The highest BCUT2D eigenvalue weighted by Gasteiger charge is 2.29. The Kier molecular flexibility index (Phi) is 5.33. The largest absolute Gasteiger partial charge is 0.392 e. The van der Waals surface area contributed by atoms with Gasteiger partial charge in [-0.3, -0.25) is 19.8 Å². The van der Waals surface area contributed by atoms with Gasteiger partial charge in [-0.05, 0) is 32.4 Å². The van der Waals surface area contributed by atoms with Gasteiger partial charge in [0.15, 0.2) is 0 Å². The smallest absolute Gasteiger partial charge is 0.270 e. The lowest BCUT2D eigenvalue weighted by Crippen LogP contribution is -2.55. The molecule has 0 aliphatic carbocycles. The molecule has 1 aromatic rings. The molecule has 1 aliphatic rings. The summed E-state index contributed by atoms with van der Waals surface area (Å²) in [6, 6.07) is 4.48. The van der Waals surface area contributed by atoms with Crippen molar-refractivity contribution in [2.75, 3.05) is 26.2 Å². The number of nitro benzene ring substituents is 1. The number of aryl methyl sites for hydroxylation is 1. The molecule has 0 aromatic heterocycles. The van der Waals surface area contributed by atoms with Crippen LogP contribution in [-0.2, 0) is 0 Å². The summed E-state index contributed by atoms with van der Waals surface area (Å²) in [5.41, 5.74) is 0.990. The minimum atomic E-state index is -0.478.